The van der Waals surface area contributed by atoms with Gasteiger partial charge in [0.05, 0.1) is 6.61 Å². The van der Waals surface area contributed by atoms with Gasteiger partial charge >= 0.3 is 5.97 Å². The molecule has 4 heteroatoms. The first kappa shape index (κ1) is 12.0. The van der Waals surface area contributed by atoms with Gasteiger partial charge in [-0.2, -0.15) is 0 Å². The standard InChI is InChI=1S/C15H15NO3/c1-3-18-15(17)13-12-8-9(2)10-6-4-5-7-11(10)14(12)19-16-13/h4-7,9H,3,8H2,1-2H3. The number of benzene rings is 1. The fourth-order valence-corrected chi connectivity index (χ4v) is 2.62. The predicted octanol–water partition coefficient (Wildman–Crippen LogP) is 3.18. The number of aromatic nitrogens is 1. The Hall–Kier alpha value is -2.10. The van der Waals surface area contributed by atoms with Crippen LogP contribution in [0.15, 0.2) is 28.8 Å². The van der Waals surface area contributed by atoms with Crippen LogP contribution in [-0.4, -0.2) is 17.7 Å². The molecule has 1 aromatic heterocycles. The van der Waals surface area contributed by atoms with Crippen LogP contribution in [0.3, 0.4) is 0 Å². The molecule has 0 radical (unpaired) electrons. The molecule has 1 heterocycles. The Labute approximate surface area is 111 Å². The number of hydrogen-bond donors (Lipinski definition) is 0. The smallest absolute Gasteiger partial charge is 0.360 e. The van der Waals surface area contributed by atoms with Crippen LogP contribution >= 0.6 is 0 Å². The lowest BCUT2D eigenvalue weighted by Crippen LogP contribution is -2.12. The molecule has 0 amide bonds. The van der Waals surface area contributed by atoms with Gasteiger partial charge in [-0.3, -0.25) is 0 Å². The van der Waals surface area contributed by atoms with Crippen LogP contribution in [0.1, 0.15) is 41.4 Å². The van der Waals surface area contributed by atoms with Crippen molar-refractivity contribution >= 4 is 5.97 Å². The Kier molecular flexibility index (Phi) is 2.85. The van der Waals surface area contributed by atoms with Crippen molar-refractivity contribution in [2.24, 2.45) is 0 Å². The maximum Gasteiger partial charge on any atom is 0.360 e. The van der Waals surface area contributed by atoms with E-state index in [0.717, 1.165) is 17.5 Å². The van der Waals surface area contributed by atoms with Crippen LogP contribution < -0.4 is 0 Å². The third kappa shape index (κ3) is 1.84. The van der Waals surface area contributed by atoms with Crippen LogP contribution in [0.2, 0.25) is 0 Å². The Morgan fingerprint density at radius 1 is 1.47 bits per heavy atom. The molecule has 19 heavy (non-hydrogen) atoms. The summed E-state index contributed by atoms with van der Waals surface area (Å²) in [6.45, 7) is 4.26. The fourth-order valence-electron chi connectivity index (χ4n) is 2.62. The van der Waals surface area contributed by atoms with Gasteiger partial charge in [0.25, 0.3) is 0 Å². The lowest BCUT2D eigenvalue weighted by molar-refractivity contribution is 0.0513. The number of esters is 1. The highest BCUT2D eigenvalue weighted by Gasteiger charge is 2.31. The van der Waals surface area contributed by atoms with Gasteiger partial charge in [-0.05, 0) is 24.8 Å². The summed E-state index contributed by atoms with van der Waals surface area (Å²) in [4.78, 5) is 11.9. The second kappa shape index (κ2) is 4.53. The first-order chi connectivity index (χ1) is 9.22. The van der Waals surface area contributed by atoms with Crippen molar-refractivity contribution in [1.29, 1.82) is 0 Å². The summed E-state index contributed by atoms with van der Waals surface area (Å²) in [5.41, 5.74) is 3.45. The lowest BCUT2D eigenvalue weighted by Gasteiger charge is -2.20. The first-order valence-corrected chi connectivity index (χ1v) is 6.47. The van der Waals surface area contributed by atoms with E-state index >= 15 is 0 Å². The number of carbonyl (C=O) groups is 1. The summed E-state index contributed by atoms with van der Waals surface area (Å²) in [5.74, 6) is 0.645. The van der Waals surface area contributed by atoms with Gasteiger partial charge in [-0.15, -0.1) is 0 Å². The number of fused-ring (bicyclic) bond motifs is 3. The molecular weight excluding hydrogens is 242 g/mol. The van der Waals surface area contributed by atoms with Crippen LogP contribution in [0.25, 0.3) is 11.3 Å². The maximum absolute atomic E-state index is 11.9. The zero-order valence-electron chi connectivity index (χ0n) is 11.0. The minimum absolute atomic E-state index is 0.318. The van der Waals surface area contributed by atoms with Crippen molar-refractivity contribution in [1.82, 2.24) is 5.16 Å². The van der Waals surface area contributed by atoms with Gasteiger partial charge < -0.3 is 9.26 Å². The Balaban J connectivity index is 2.11. The van der Waals surface area contributed by atoms with Crippen molar-refractivity contribution < 1.29 is 14.1 Å². The lowest BCUT2D eigenvalue weighted by atomic mass is 9.82. The maximum atomic E-state index is 11.9. The molecule has 1 aliphatic rings. The van der Waals surface area contributed by atoms with Gasteiger partial charge in [-0.25, -0.2) is 4.79 Å². The monoisotopic (exact) mass is 257 g/mol. The van der Waals surface area contributed by atoms with Crippen LogP contribution in [0.4, 0.5) is 0 Å². The number of ether oxygens (including phenoxy) is 1. The summed E-state index contributed by atoms with van der Waals surface area (Å²) in [6.07, 6.45) is 0.754. The molecule has 0 N–H and O–H groups in total. The summed E-state index contributed by atoms with van der Waals surface area (Å²) in [7, 11) is 0. The minimum atomic E-state index is -0.404. The zero-order valence-corrected chi connectivity index (χ0v) is 11.0. The van der Waals surface area contributed by atoms with Crippen molar-refractivity contribution in [3.8, 4) is 11.3 Å². The second-order valence-corrected chi connectivity index (χ2v) is 4.75. The molecule has 0 saturated carbocycles. The molecule has 0 bridgehead atoms. The molecule has 1 atom stereocenters. The number of nitrogens with zero attached hydrogens (tertiary/aromatic N) is 1. The highest BCUT2D eigenvalue weighted by atomic mass is 16.5. The van der Waals surface area contributed by atoms with E-state index in [1.807, 2.05) is 18.2 Å². The van der Waals surface area contributed by atoms with E-state index in [4.69, 9.17) is 9.26 Å². The minimum Gasteiger partial charge on any atom is -0.461 e. The molecule has 0 aliphatic heterocycles. The molecule has 0 fully saturated rings. The molecule has 1 unspecified atom stereocenters. The van der Waals surface area contributed by atoms with E-state index in [1.54, 1.807) is 6.92 Å². The molecule has 0 saturated heterocycles. The van der Waals surface area contributed by atoms with Crippen molar-refractivity contribution in [2.45, 2.75) is 26.2 Å². The van der Waals surface area contributed by atoms with E-state index in [-0.39, 0.29) is 0 Å². The molecule has 1 aliphatic carbocycles. The Morgan fingerprint density at radius 2 is 2.26 bits per heavy atom. The number of hydrogen-bond acceptors (Lipinski definition) is 4. The quantitative estimate of drug-likeness (QED) is 0.775. The van der Waals surface area contributed by atoms with Crippen LogP contribution in [0.5, 0.6) is 0 Å². The second-order valence-electron chi connectivity index (χ2n) is 4.75. The topological polar surface area (TPSA) is 52.3 Å². The van der Waals surface area contributed by atoms with E-state index in [1.165, 1.54) is 5.56 Å². The fraction of sp³-hybridized carbons (Fsp3) is 0.333. The van der Waals surface area contributed by atoms with Gasteiger partial charge in [0.1, 0.15) is 0 Å². The Bertz CT molecular complexity index is 630. The summed E-state index contributed by atoms with van der Waals surface area (Å²) in [6, 6.07) is 8.08. The normalized spacial score (nSPS) is 16.6. The van der Waals surface area contributed by atoms with E-state index in [0.29, 0.717) is 24.0 Å². The number of rotatable bonds is 2. The van der Waals surface area contributed by atoms with Gasteiger partial charge in [0.2, 0.25) is 0 Å². The van der Waals surface area contributed by atoms with E-state index < -0.39 is 5.97 Å². The van der Waals surface area contributed by atoms with Crippen molar-refractivity contribution in [3.63, 3.8) is 0 Å². The zero-order chi connectivity index (χ0) is 13.4. The highest BCUT2D eigenvalue weighted by molar-refractivity contribution is 5.91. The third-order valence-corrected chi connectivity index (χ3v) is 3.50. The van der Waals surface area contributed by atoms with E-state index in [9.17, 15) is 4.79 Å². The molecule has 4 nitrogen and oxygen atoms in total. The van der Waals surface area contributed by atoms with Gasteiger partial charge in [-0.1, -0.05) is 36.3 Å². The third-order valence-electron chi connectivity index (χ3n) is 3.50. The molecule has 2 aromatic rings. The molecular formula is C15H15NO3. The summed E-state index contributed by atoms with van der Waals surface area (Å²) >= 11 is 0. The highest BCUT2D eigenvalue weighted by Crippen LogP contribution is 2.40. The molecule has 0 spiro atoms. The number of carbonyl (C=O) groups excluding carboxylic acids is 1. The molecule has 1 aromatic carbocycles. The molecule has 3 rings (SSSR count). The van der Waals surface area contributed by atoms with Crippen molar-refractivity contribution in [2.75, 3.05) is 6.61 Å². The largest absolute Gasteiger partial charge is 0.461 e. The molecule has 98 valence electrons. The van der Waals surface area contributed by atoms with E-state index in [2.05, 4.69) is 18.1 Å². The summed E-state index contributed by atoms with van der Waals surface area (Å²) < 4.78 is 10.4. The average molecular weight is 257 g/mol. The SMILES string of the molecule is CCOC(=O)c1noc2c1CC(C)c1ccccc1-2. The predicted molar refractivity (Wildman–Crippen MR) is 70.0 cm³/mol. The van der Waals surface area contributed by atoms with Gasteiger partial charge in [0.15, 0.2) is 11.5 Å². The summed E-state index contributed by atoms with van der Waals surface area (Å²) in [5, 5.41) is 3.90. The first-order valence-electron chi connectivity index (χ1n) is 6.47. The van der Waals surface area contributed by atoms with Gasteiger partial charge in [0, 0.05) is 11.1 Å². The van der Waals surface area contributed by atoms with Crippen LogP contribution in [0, 0.1) is 0 Å². The average Bonchev–Trinajstić information content (AvgIpc) is 2.83. The van der Waals surface area contributed by atoms with Crippen molar-refractivity contribution in [3.05, 3.63) is 41.1 Å². The Morgan fingerprint density at radius 3 is 3.05 bits per heavy atom. The van der Waals surface area contributed by atoms with Crippen LogP contribution in [-0.2, 0) is 11.2 Å².